The zero-order valence-corrected chi connectivity index (χ0v) is 10.3. The Bertz CT molecular complexity index is 238. The second kappa shape index (κ2) is 4.49. The minimum atomic E-state index is -0.0766. The Kier molecular flexibility index (Phi) is 3.73. The summed E-state index contributed by atoms with van der Waals surface area (Å²) in [7, 11) is 3.63. The van der Waals surface area contributed by atoms with E-state index in [1.54, 1.807) is 4.90 Å². The van der Waals surface area contributed by atoms with Gasteiger partial charge in [-0.3, -0.25) is 9.69 Å². The molecule has 88 valence electrons. The van der Waals surface area contributed by atoms with Gasteiger partial charge in [0, 0.05) is 26.2 Å². The summed E-state index contributed by atoms with van der Waals surface area (Å²) in [5.74, 6) is 0.203. The van der Waals surface area contributed by atoms with Crippen molar-refractivity contribution >= 4 is 5.91 Å². The molecular formula is C11H23N3O. The summed E-state index contributed by atoms with van der Waals surface area (Å²) in [6.45, 7) is 5.78. The van der Waals surface area contributed by atoms with Crippen LogP contribution in [0, 0.1) is 0 Å². The molecule has 1 fully saturated rings. The summed E-state index contributed by atoms with van der Waals surface area (Å²) in [5, 5.41) is 0. The molecule has 0 bridgehead atoms. The third-order valence-electron chi connectivity index (χ3n) is 3.26. The molecule has 0 aliphatic carbocycles. The van der Waals surface area contributed by atoms with Crippen LogP contribution in [-0.2, 0) is 4.79 Å². The average molecular weight is 213 g/mol. The Morgan fingerprint density at radius 3 is 2.60 bits per heavy atom. The van der Waals surface area contributed by atoms with Crippen molar-refractivity contribution in [3.05, 3.63) is 0 Å². The summed E-state index contributed by atoms with van der Waals surface area (Å²) < 4.78 is 0. The third kappa shape index (κ3) is 2.49. The number of carbonyl (C=O) groups is 1. The van der Waals surface area contributed by atoms with Crippen molar-refractivity contribution in [2.24, 2.45) is 5.73 Å². The van der Waals surface area contributed by atoms with E-state index in [2.05, 4.69) is 18.7 Å². The number of rotatable bonds is 3. The highest BCUT2D eigenvalue weighted by atomic mass is 16.2. The first-order valence-electron chi connectivity index (χ1n) is 5.58. The molecule has 1 aliphatic heterocycles. The van der Waals surface area contributed by atoms with Crippen LogP contribution in [-0.4, -0.2) is 54.5 Å². The van der Waals surface area contributed by atoms with Crippen molar-refractivity contribution in [3.63, 3.8) is 0 Å². The fraction of sp³-hybridized carbons (Fsp3) is 0.909. The molecule has 1 heterocycles. The molecular weight excluding hydrogens is 190 g/mol. The number of nitrogens with zero attached hydrogens (tertiary/aromatic N) is 2. The summed E-state index contributed by atoms with van der Waals surface area (Å²) in [5.41, 5.74) is 5.68. The van der Waals surface area contributed by atoms with E-state index in [1.165, 1.54) is 0 Å². The van der Waals surface area contributed by atoms with Gasteiger partial charge in [0.2, 0.25) is 5.91 Å². The molecule has 1 amide bonds. The number of hydrogen-bond acceptors (Lipinski definition) is 3. The van der Waals surface area contributed by atoms with Gasteiger partial charge >= 0.3 is 0 Å². The number of carbonyl (C=O) groups excluding carboxylic acids is 1. The van der Waals surface area contributed by atoms with Gasteiger partial charge in [-0.2, -0.15) is 0 Å². The first kappa shape index (κ1) is 12.5. The van der Waals surface area contributed by atoms with Crippen LogP contribution in [0.25, 0.3) is 0 Å². The molecule has 4 heteroatoms. The van der Waals surface area contributed by atoms with E-state index in [0.29, 0.717) is 6.54 Å². The molecule has 1 saturated heterocycles. The molecule has 0 saturated carbocycles. The van der Waals surface area contributed by atoms with Gasteiger partial charge in [-0.25, -0.2) is 0 Å². The molecule has 0 spiro atoms. The van der Waals surface area contributed by atoms with Crippen molar-refractivity contribution in [2.75, 3.05) is 27.2 Å². The lowest BCUT2D eigenvalue weighted by molar-refractivity contribution is -0.135. The smallest absolute Gasteiger partial charge is 0.239 e. The van der Waals surface area contributed by atoms with Crippen molar-refractivity contribution < 1.29 is 4.79 Å². The molecule has 0 aromatic carbocycles. The van der Waals surface area contributed by atoms with Gasteiger partial charge in [-0.05, 0) is 33.2 Å². The Balaban J connectivity index is 2.77. The summed E-state index contributed by atoms with van der Waals surface area (Å²) in [6.07, 6.45) is 2.05. The van der Waals surface area contributed by atoms with Crippen LogP contribution in [0.15, 0.2) is 0 Å². The molecule has 1 rings (SSSR count). The zero-order chi connectivity index (χ0) is 11.6. The van der Waals surface area contributed by atoms with Gasteiger partial charge < -0.3 is 10.6 Å². The van der Waals surface area contributed by atoms with Crippen LogP contribution in [0.4, 0.5) is 0 Å². The first-order chi connectivity index (χ1) is 6.90. The highest BCUT2D eigenvalue weighted by Crippen LogP contribution is 2.26. The Morgan fingerprint density at radius 1 is 1.53 bits per heavy atom. The molecule has 1 atom stereocenters. The molecule has 1 unspecified atom stereocenters. The minimum Gasteiger partial charge on any atom is -0.347 e. The number of likely N-dealkylation sites (N-methyl/N-ethyl adjacent to an activating group) is 1. The van der Waals surface area contributed by atoms with E-state index in [-0.39, 0.29) is 17.5 Å². The molecule has 1 aliphatic rings. The zero-order valence-electron chi connectivity index (χ0n) is 10.3. The van der Waals surface area contributed by atoms with Crippen molar-refractivity contribution in [3.8, 4) is 0 Å². The maximum Gasteiger partial charge on any atom is 0.239 e. The summed E-state index contributed by atoms with van der Waals surface area (Å²) in [4.78, 5) is 15.9. The lowest BCUT2D eigenvalue weighted by Crippen LogP contribution is -2.55. The lowest BCUT2D eigenvalue weighted by atomic mass is 10.0. The maximum absolute atomic E-state index is 12.0. The standard InChI is InChI=1S/C11H23N3O/c1-11(2,8-12)14-7-5-6-9(14)10(15)13(3)4/h9H,5-8,12H2,1-4H3. The van der Waals surface area contributed by atoms with Gasteiger partial charge in [0.1, 0.15) is 0 Å². The van der Waals surface area contributed by atoms with E-state index in [0.717, 1.165) is 19.4 Å². The van der Waals surface area contributed by atoms with Crippen LogP contribution >= 0.6 is 0 Å². The van der Waals surface area contributed by atoms with Crippen LogP contribution in [0.2, 0.25) is 0 Å². The third-order valence-corrected chi connectivity index (χ3v) is 3.26. The van der Waals surface area contributed by atoms with Gasteiger partial charge in [-0.1, -0.05) is 0 Å². The van der Waals surface area contributed by atoms with E-state index >= 15 is 0 Å². The molecule has 0 aromatic heterocycles. The molecule has 0 aromatic rings. The second-order valence-electron chi connectivity index (χ2n) is 5.10. The second-order valence-corrected chi connectivity index (χ2v) is 5.10. The van der Waals surface area contributed by atoms with E-state index in [1.807, 2.05) is 14.1 Å². The SMILES string of the molecule is CN(C)C(=O)C1CCCN1C(C)(C)CN. The molecule has 0 radical (unpaired) electrons. The molecule has 4 nitrogen and oxygen atoms in total. The van der Waals surface area contributed by atoms with Gasteiger partial charge in [-0.15, -0.1) is 0 Å². The maximum atomic E-state index is 12.0. The van der Waals surface area contributed by atoms with Gasteiger partial charge in [0.15, 0.2) is 0 Å². The van der Waals surface area contributed by atoms with E-state index in [9.17, 15) is 4.79 Å². The number of nitrogens with two attached hydrogens (primary N) is 1. The lowest BCUT2D eigenvalue weighted by Gasteiger charge is -2.39. The first-order valence-corrected chi connectivity index (χ1v) is 5.58. The van der Waals surface area contributed by atoms with Crippen LogP contribution in [0.1, 0.15) is 26.7 Å². The Hall–Kier alpha value is -0.610. The van der Waals surface area contributed by atoms with Crippen LogP contribution < -0.4 is 5.73 Å². The quantitative estimate of drug-likeness (QED) is 0.732. The monoisotopic (exact) mass is 213 g/mol. The fourth-order valence-electron chi connectivity index (χ4n) is 2.16. The highest BCUT2D eigenvalue weighted by molar-refractivity contribution is 5.81. The van der Waals surface area contributed by atoms with E-state index in [4.69, 9.17) is 5.73 Å². The number of amides is 1. The Labute approximate surface area is 92.4 Å². The molecule has 2 N–H and O–H groups in total. The van der Waals surface area contributed by atoms with Crippen molar-refractivity contribution in [2.45, 2.75) is 38.3 Å². The van der Waals surface area contributed by atoms with Gasteiger partial charge in [0.25, 0.3) is 0 Å². The summed E-state index contributed by atoms with van der Waals surface area (Å²) >= 11 is 0. The van der Waals surface area contributed by atoms with Crippen LogP contribution in [0.3, 0.4) is 0 Å². The topological polar surface area (TPSA) is 49.6 Å². The predicted molar refractivity (Wildman–Crippen MR) is 61.6 cm³/mol. The minimum absolute atomic E-state index is 0.0264. The average Bonchev–Trinajstić information content (AvgIpc) is 2.65. The molecule has 15 heavy (non-hydrogen) atoms. The van der Waals surface area contributed by atoms with Gasteiger partial charge in [0.05, 0.1) is 6.04 Å². The van der Waals surface area contributed by atoms with E-state index < -0.39 is 0 Å². The normalized spacial score (nSPS) is 23.1. The Morgan fingerprint density at radius 2 is 2.13 bits per heavy atom. The highest BCUT2D eigenvalue weighted by Gasteiger charge is 2.39. The largest absolute Gasteiger partial charge is 0.347 e. The number of likely N-dealkylation sites (tertiary alicyclic amines) is 1. The van der Waals surface area contributed by atoms with Crippen molar-refractivity contribution in [1.29, 1.82) is 0 Å². The fourth-order valence-corrected chi connectivity index (χ4v) is 2.16. The summed E-state index contributed by atoms with van der Waals surface area (Å²) in [6, 6.07) is 0.0264. The predicted octanol–water partition coefficient (Wildman–Crippen LogP) is 0.276. The number of hydrogen-bond donors (Lipinski definition) is 1. The van der Waals surface area contributed by atoms with Crippen LogP contribution in [0.5, 0.6) is 0 Å². The van der Waals surface area contributed by atoms with Crippen molar-refractivity contribution in [1.82, 2.24) is 9.80 Å².